The van der Waals surface area contributed by atoms with Gasteiger partial charge in [-0.25, -0.2) is 9.59 Å². The Bertz CT molecular complexity index is 1180. The van der Waals surface area contributed by atoms with Crippen LogP contribution in [0.2, 0.25) is 0 Å². The van der Waals surface area contributed by atoms with Crippen LogP contribution < -0.4 is 11.2 Å². The summed E-state index contributed by atoms with van der Waals surface area (Å²) in [6.45, 7) is 3.33. The Morgan fingerprint density at radius 1 is 1.00 bits per heavy atom. The van der Waals surface area contributed by atoms with Crippen molar-refractivity contribution in [1.29, 1.82) is 0 Å². The number of carbonyl (C=O) groups is 2. The van der Waals surface area contributed by atoms with E-state index in [1.54, 1.807) is 44.2 Å². The fraction of sp³-hybridized carbons (Fsp3) is 0.263. The van der Waals surface area contributed by atoms with Crippen LogP contribution in [-0.4, -0.2) is 32.2 Å². The number of esters is 1. The number of benzene rings is 1. The SMILES string of the molecule is CCOC(=O)c1c(C)n(C(=O)c2ccccc2)c2c(=O)n(C)c(=O)n(C)c12. The van der Waals surface area contributed by atoms with E-state index in [4.69, 9.17) is 4.74 Å². The average Bonchev–Trinajstić information content (AvgIpc) is 2.98. The van der Waals surface area contributed by atoms with Gasteiger partial charge in [0.15, 0.2) is 0 Å². The molecule has 2 aromatic heterocycles. The standard InChI is InChI=1S/C19H19N3O5/c1-5-27-18(25)13-11(2)22(16(23)12-9-7-6-8-10-12)15-14(13)20(3)19(26)21(4)17(15)24/h6-10H,5H2,1-4H3. The van der Waals surface area contributed by atoms with Crippen LogP contribution >= 0.6 is 0 Å². The summed E-state index contributed by atoms with van der Waals surface area (Å²) >= 11 is 0. The van der Waals surface area contributed by atoms with Gasteiger partial charge in [-0.1, -0.05) is 18.2 Å². The van der Waals surface area contributed by atoms with Gasteiger partial charge in [-0.2, -0.15) is 0 Å². The summed E-state index contributed by atoms with van der Waals surface area (Å²) in [5.41, 5.74) is -0.566. The maximum Gasteiger partial charge on any atom is 0.342 e. The summed E-state index contributed by atoms with van der Waals surface area (Å²) in [6, 6.07) is 8.40. The number of fused-ring (bicyclic) bond motifs is 1. The van der Waals surface area contributed by atoms with Crippen LogP contribution in [0.15, 0.2) is 39.9 Å². The van der Waals surface area contributed by atoms with Crippen LogP contribution in [0, 0.1) is 6.92 Å². The molecular weight excluding hydrogens is 350 g/mol. The number of ether oxygens (including phenoxy) is 1. The van der Waals surface area contributed by atoms with Crippen LogP contribution in [0.1, 0.15) is 33.3 Å². The second-order valence-corrected chi connectivity index (χ2v) is 6.09. The second-order valence-electron chi connectivity index (χ2n) is 6.09. The summed E-state index contributed by atoms with van der Waals surface area (Å²) in [6.07, 6.45) is 0. The Morgan fingerprint density at radius 3 is 2.22 bits per heavy atom. The minimum absolute atomic E-state index is 0.0333. The average molecular weight is 369 g/mol. The normalized spacial score (nSPS) is 11.0. The molecule has 140 valence electrons. The highest BCUT2D eigenvalue weighted by Gasteiger charge is 2.29. The number of hydrogen-bond donors (Lipinski definition) is 0. The van der Waals surface area contributed by atoms with E-state index >= 15 is 0 Å². The van der Waals surface area contributed by atoms with Crippen LogP contribution in [-0.2, 0) is 18.8 Å². The quantitative estimate of drug-likeness (QED) is 0.647. The smallest absolute Gasteiger partial charge is 0.342 e. The lowest BCUT2D eigenvalue weighted by Gasteiger charge is -2.08. The lowest BCUT2D eigenvalue weighted by Crippen LogP contribution is -2.38. The maximum atomic E-state index is 13.1. The molecule has 27 heavy (non-hydrogen) atoms. The van der Waals surface area contributed by atoms with E-state index in [1.807, 2.05) is 0 Å². The summed E-state index contributed by atoms with van der Waals surface area (Å²) in [5, 5.41) is 0. The molecule has 3 aromatic rings. The highest BCUT2D eigenvalue weighted by molar-refractivity contribution is 6.10. The number of hydrogen-bond acceptors (Lipinski definition) is 5. The first-order valence-electron chi connectivity index (χ1n) is 8.39. The van der Waals surface area contributed by atoms with Crippen molar-refractivity contribution in [3.05, 3.63) is 68.0 Å². The largest absolute Gasteiger partial charge is 0.462 e. The fourth-order valence-corrected chi connectivity index (χ4v) is 3.18. The first kappa shape index (κ1) is 18.4. The van der Waals surface area contributed by atoms with Gasteiger partial charge in [0, 0.05) is 25.4 Å². The van der Waals surface area contributed by atoms with Crippen molar-refractivity contribution in [3.8, 4) is 0 Å². The van der Waals surface area contributed by atoms with Gasteiger partial charge in [0.2, 0.25) is 0 Å². The van der Waals surface area contributed by atoms with Crippen molar-refractivity contribution in [2.24, 2.45) is 14.1 Å². The lowest BCUT2D eigenvalue weighted by molar-refractivity contribution is 0.0527. The second kappa shape index (κ2) is 6.71. The molecule has 0 aliphatic heterocycles. The molecule has 0 fully saturated rings. The van der Waals surface area contributed by atoms with E-state index < -0.39 is 23.1 Å². The molecule has 8 heteroatoms. The Morgan fingerprint density at radius 2 is 1.63 bits per heavy atom. The third-order valence-corrected chi connectivity index (χ3v) is 4.50. The predicted octanol–water partition coefficient (Wildman–Crippen LogP) is 1.21. The predicted molar refractivity (Wildman–Crippen MR) is 99.3 cm³/mol. The molecule has 0 bridgehead atoms. The van der Waals surface area contributed by atoms with Gasteiger partial charge in [0.25, 0.3) is 11.5 Å². The van der Waals surface area contributed by atoms with E-state index in [9.17, 15) is 19.2 Å². The van der Waals surface area contributed by atoms with Crippen molar-refractivity contribution < 1.29 is 14.3 Å². The van der Waals surface area contributed by atoms with Crippen LogP contribution in [0.5, 0.6) is 0 Å². The van der Waals surface area contributed by atoms with E-state index in [0.29, 0.717) is 5.56 Å². The van der Waals surface area contributed by atoms with E-state index in [0.717, 1.165) is 4.57 Å². The van der Waals surface area contributed by atoms with Crippen LogP contribution in [0.3, 0.4) is 0 Å². The van der Waals surface area contributed by atoms with Crippen molar-refractivity contribution in [1.82, 2.24) is 13.7 Å². The summed E-state index contributed by atoms with van der Waals surface area (Å²) in [5.74, 6) is -1.16. The monoisotopic (exact) mass is 369 g/mol. The summed E-state index contributed by atoms with van der Waals surface area (Å²) in [7, 11) is 2.78. The number of nitrogens with zero attached hydrogens (tertiary/aromatic N) is 3. The van der Waals surface area contributed by atoms with Crippen molar-refractivity contribution in [3.63, 3.8) is 0 Å². The third kappa shape index (κ3) is 2.69. The molecule has 1 aromatic carbocycles. The molecule has 0 atom stereocenters. The number of aryl methyl sites for hydroxylation is 1. The minimum atomic E-state index is -0.692. The summed E-state index contributed by atoms with van der Waals surface area (Å²) < 4.78 is 8.37. The highest BCUT2D eigenvalue weighted by atomic mass is 16.5. The Hall–Kier alpha value is -3.42. The molecule has 0 N–H and O–H groups in total. The zero-order valence-corrected chi connectivity index (χ0v) is 15.5. The number of aromatic nitrogens is 3. The molecule has 0 unspecified atom stereocenters. The Kier molecular flexibility index (Phi) is 4.57. The molecule has 0 aliphatic rings. The molecule has 0 saturated carbocycles. The van der Waals surface area contributed by atoms with Crippen LogP contribution in [0.4, 0.5) is 0 Å². The zero-order valence-electron chi connectivity index (χ0n) is 15.5. The maximum absolute atomic E-state index is 13.1. The first-order chi connectivity index (χ1) is 12.8. The molecule has 2 heterocycles. The van der Waals surface area contributed by atoms with Gasteiger partial charge >= 0.3 is 11.7 Å². The molecule has 3 rings (SSSR count). The molecular formula is C19H19N3O5. The molecule has 0 saturated heterocycles. The minimum Gasteiger partial charge on any atom is -0.462 e. The van der Waals surface area contributed by atoms with Gasteiger partial charge in [-0.15, -0.1) is 0 Å². The highest BCUT2D eigenvalue weighted by Crippen LogP contribution is 2.24. The lowest BCUT2D eigenvalue weighted by atomic mass is 10.2. The molecule has 0 amide bonds. The van der Waals surface area contributed by atoms with Gasteiger partial charge in [0.1, 0.15) is 11.1 Å². The van der Waals surface area contributed by atoms with Gasteiger partial charge in [-0.3, -0.25) is 23.3 Å². The topological polar surface area (TPSA) is 92.3 Å². The Balaban J connectivity index is 2.50. The van der Waals surface area contributed by atoms with E-state index in [2.05, 4.69) is 0 Å². The third-order valence-electron chi connectivity index (χ3n) is 4.50. The van der Waals surface area contributed by atoms with Gasteiger partial charge in [-0.05, 0) is 26.0 Å². The van der Waals surface area contributed by atoms with Crippen molar-refractivity contribution >= 4 is 22.9 Å². The fourth-order valence-electron chi connectivity index (χ4n) is 3.18. The van der Waals surface area contributed by atoms with Crippen molar-refractivity contribution in [2.75, 3.05) is 6.61 Å². The zero-order chi connectivity index (χ0) is 19.9. The molecule has 0 aliphatic carbocycles. The molecule has 0 spiro atoms. The summed E-state index contributed by atoms with van der Waals surface area (Å²) in [4.78, 5) is 50.9. The van der Waals surface area contributed by atoms with Gasteiger partial charge in [0.05, 0.1) is 12.1 Å². The van der Waals surface area contributed by atoms with Crippen molar-refractivity contribution in [2.45, 2.75) is 13.8 Å². The molecule has 8 nitrogen and oxygen atoms in total. The number of carbonyl (C=O) groups excluding carboxylic acids is 2. The Labute approximate surface area is 154 Å². The van der Waals surface area contributed by atoms with E-state index in [-0.39, 0.29) is 28.9 Å². The number of rotatable bonds is 3. The van der Waals surface area contributed by atoms with E-state index in [1.165, 1.54) is 23.2 Å². The first-order valence-corrected chi connectivity index (χ1v) is 8.39. The van der Waals surface area contributed by atoms with Gasteiger partial charge < -0.3 is 4.74 Å². The van der Waals surface area contributed by atoms with Crippen LogP contribution in [0.25, 0.3) is 11.0 Å². The molecule has 0 radical (unpaired) electrons.